The first kappa shape index (κ1) is 32.0. The van der Waals surface area contributed by atoms with Gasteiger partial charge in [0.15, 0.2) is 0 Å². The molecule has 0 fully saturated rings. The Morgan fingerprint density at radius 1 is 0.386 bits per heavy atom. The third-order valence-corrected chi connectivity index (χ3v) is 12.3. The second kappa shape index (κ2) is 12.6. The van der Waals surface area contributed by atoms with Crippen LogP contribution in [0.4, 0.5) is 0 Å². The molecule has 0 N–H and O–H groups in total. The standard InChI is InChI=1S/C52H30N2O2S/c1-2-12-37-36(11-1)38(42-16-8-18-44-41-14-4-6-20-47(41)56-51(42)44)25-26-39(37)45-28-34(29-48-49(45)54-52(57-48)33-10-9-27-53-30-33)31-21-23-32(24-22-31)35-15-7-17-43-40-13-3-5-19-46(40)55-50(35)43/h1-30H. The van der Waals surface area contributed by atoms with Crippen LogP contribution in [-0.2, 0) is 0 Å². The molecule has 5 heteroatoms. The molecule has 12 rings (SSSR count). The molecule has 266 valence electrons. The van der Waals surface area contributed by atoms with E-state index in [0.29, 0.717) is 0 Å². The van der Waals surface area contributed by atoms with E-state index in [1.54, 1.807) is 17.5 Å². The van der Waals surface area contributed by atoms with Crippen LogP contribution in [0.5, 0.6) is 0 Å². The minimum Gasteiger partial charge on any atom is -0.455 e. The summed E-state index contributed by atoms with van der Waals surface area (Å²) in [7, 11) is 0. The van der Waals surface area contributed by atoms with Crippen LogP contribution >= 0.6 is 11.3 Å². The maximum Gasteiger partial charge on any atom is 0.143 e. The lowest BCUT2D eigenvalue weighted by Crippen LogP contribution is -1.89. The van der Waals surface area contributed by atoms with Crippen molar-refractivity contribution >= 4 is 76.2 Å². The van der Waals surface area contributed by atoms with Crippen LogP contribution in [0, 0.1) is 0 Å². The van der Waals surface area contributed by atoms with Crippen molar-refractivity contribution in [3.8, 4) is 55.1 Å². The highest BCUT2D eigenvalue weighted by molar-refractivity contribution is 7.21. The fourth-order valence-corrected chi connectivity index (χ4v) is 9.58. The van der Waals surface area contributed by atoms with Gasteiger partial charge in [-0.2, -0.15) is 0 Å². The monoisotopic (exact) mass is 746 g/mol. The van der Waals surface area contributed by atoms with Crippen molar-refractivity contribution < 1.29 is 8.83 Å². The Kier molecular flexibility index (Phi) is 7.06. The molecule has 0 aliphatic heterocycles. The molecule has 0 atom stereocenters. The first-order valence-corrected chi connectivity index (χ1v) is 19.9. The number of hydrogen-bond donors (Lipinski definition) is 0. The minimum atomic E-state index is 0.896. The molecule has 0 aliphatic carbocycles. The van der Waals surface area contributed by atoms with Gasteiger partial charge in [0, 0.05) is 56.2 Å². The molecular weight excluding hydrogens is 717 g/mol. The Morgan fingerprint density at radius 3 is 1.63 bits per heavy atom. The van der Waals surface area contributed by atoms with Gasteiger partial charge in [-0.05, 0) is 75.0 Å². The molecule has 0 aliphatic rings. The average Bonchev–Trinajstić information content (AvgIpc) is 4.00. The summed E-state index contributed by atoms with van der Waals surface area (Å²) in [6.45, 7) is 0. The van der Waals surface area contributed by atoms with Crippen LogP contribution in [-0.4, -0.2) is 9.97 Å². The molecule has 0 saturated carbocycles. The van der Waals surface area contributed by atoms with Gasteiger partial charge in [0.2, 0.25) is 0 Å². The highest BCUT2D eigenvalue weighted by atomic mass is 32.1. The third-order valence-electron chi connectivity index (χ3n) is 11.2. The smallest absolute Gasteiger partial charge is 0.143 e. The van der Waals surface area contributed by atoms with Crippen LogP contribution in [0.2, 0.25) is 0 Å². The Labute approximate surface area is 330 Å². The number of nitrogens with zero attached hydrogens (tertiary/aromatic N) is 2. The molecule has 57 heavy (non-hydrogen) atoms. The number of para-hydroxylation sites is 4. The summed E-state index contributed by atoms with van der Waals surface area (Å²) in [6, 6.07) is 60.1. The lowest BCUT2D eigenvalue weighted by atomic mass is 9.90. The van der Waals surface area contributed by atoms with Crippen molar-refractivity contribution in [2.75, 3.05) is 0 Å². The predicted octanol–water partition coefficient (Wildman–Crippen LogP) is 15.0. The number of rotatable bonds is 5. The summed E-state index contributed by atoms with van der Waals surface area (Å²) >= 11 is 1.70. The van der Waals surface area contributed by atoms with Gasteiger partial charge in [-0.1, -0.05) is 133 Å². The van der Waals surface area contributed by atoms with Gasteiger partial charge in [0.05, 0.1) is 10.2 Å². The molecule has 0 amide bonds. The number of fused-ring (bicyclic) bond motifs is 8. The Morgan fingerprint density at radius 2 is 0.965 bits per heavy atom. The Bertz CT molecular complexity index is 3520. The van der Waals surface area contributed by atoms with E-state index in [1.807, 2.05) is 36.5 Å². The molecular formula is C52H30N2O2S. The van der Waals surface area contributed by atoms with E-state index >= 15 is 0 Å². The molecule has 12 aromatic rings. The lowest BCUT2D eigenvalue weighted by Gasteiger charge is -2.14. The van der Waals surface area contributed by atoms with E-state index in [1.165, 1.54) is 0 Å². The van der Waals surface area contributed by atoms with Gasteiger partial charge < -0.3 is 8.83 Å². The lowest BCUT2D eigenvalue weighted by molar-refractivity contribution is 0.669. The fourth-order valence-electron chi connectivity index (χ4n) is 8.56. The zero-order valence-corrected chi connectivity index (χ0v) is 31.3. The molecule has 8 aromatic carbocycles. The topological polar surface area (TPSA) is 52.1 Å². The van der Waals surface area contributed by atoms with Crippen molar-refractivity contribution in [3.63, 3.8) is 0 Å². The molecule has 0 radical (unpaired) electrons. The number of aromatic nitrogens is 2. The van der Waals surface area contributed by atoms with Crippen LogP contribution in [0.15, 0.2) is 191 Å². The van der Waals surface area contributed by atoms with Crippen molar-refractivity contribution in [2.24, 2.45) is 0 Å². The number of thiazole rings is 1. The number of benzene rings is 8. The zero-order valence-electron chi connectivity index (χ0n) is 30.4. The summed E-state index contributed by atoms with van der Waals surface area (Å²) in [5.74, 6) is 0. The van der Waals surface area contributed by atoms with Crippen LogP contribution in [0.1, 0.15) is 0 Å². The largest absolute Gasteiger partial charge is 0.455 e. The summed E-state index contributed by atoms with van der Waals surface area (Å²) in [5.41, 5.74) is 14.5. The van der Waals surface area contributed by atoms with Crippen LogP contribution in [0.25, 0.3) is 120 Å². The van der Waals surface area contributed by atoms with Crippen molar-refractivity contribution in [1.29, 1.82) is 0 Å². The quantitative estimate of drug-likeness (QED) is 0.176. The minimum absolute atomic E-state index is 0.896. The molecule has 4 aromatic heterocycles. The van der Waals surface area contributed by atoms with Crippen molar-refractivity contribution in [1.82, 2.24) is 9.97 Å². The first-order valence-electron chi connectivity index (χ1n) is 19.0. The maximum atomic E-state index is 6.52. The average molecular weight is 747 g/mol. The van der Waals surface area contributed by atoms with E-state index < -0.39 is 0 Å². The SMILES string of the molecule is c1cncc(-c2nc3c(-c4ccc(-c5cccc6c5oc5ccccc56)c5ccccc45)cc(-c4ccc(-c5cccc6c5oc5ccccc56)cc4)cc3s2)c1. The Balaban J connectivity index is 1.03. The normalized spacial score (nSPS) is 11.9. The van der Waals surface area contributed by atoms with E-state index in [4.69, 9.17) is 13.8 Å². The molecule has 0 unspecified atom stereocenters. The number of furan rings is 2. The summed E-state index contributed by atoms with van der Waals surface area (Å²) < 4.78 is 14.0. The maximum absolute atomic E-state index is 6.52. The summed E-state index contributed by atoms with van der Waals surface area (Å²) in [6.07, 6.45) is 3.70. The second-order valence-corrected chi connectivity index (χ2v) is 15.5. The first-order chi connectivity index (χ1) is 28.2. The molecule has 4 nitrogen and oxygen atoms in total. The van der Waals surface area contributed by atoms with E-state index in [2.05, 4.69) is 145 Å². The Hall–Kier alpha value is -7.34. The highest BCUT2D eigenvalue weighted by Crippen LogP contribution is 2.45. The van der Waals surface area contributed by atoms with Gasteiger partial charge >= 0.3 is 0 Å². The molecule has 0 saturated heterocycles. The fraction of sp³-hybridized carbons (Fsp3) is 0. The second-order valence-electron chi connectivity index (χ2n) is 14.5. The van der Waals surface area contributed by atoms with E-state index in [-0.39, 0.29) is 0 Å². The zero-order chi connectivity index (χ0) is 37.5. The predicted molar refractivity (Wildman–Crippen MR) is 237 cm³/mol. The van der Waals surface area contributed by atoms with E-state index in [9.17, 15) is 0 Å². The third kappa shape index (κ3) is 5.06. The van der Waals surface area contributed by atoms with Crippen molar-refractivity contribution in [3.05, 3.63) is 182 Å². The van der Waals surface area contributed by atoms with Gasteiger partial charge in [-0.3, -0.25) is 4.98 Å². The van der Waals surface area contributed by atoms with Gasteiger partial charge in [-0.25, -0.2) is 4.98 Å². The van der Waals surface area contributed by atoms with Crippen LogP contribution in [0.3, 0.4) is 0 Å². The summed E-state index contributed by atoms with van der Waals surface area (Å²) in [4.78, 5) is 9.71. The highest BCUT2D eigenvalue weighted by Gasteiger charge is 2.20. The van der Waals surface area contributed by atoms with Crippen LogP contribution < -0.4 is 0 Å². The molecule has 4 heterocycles. The van der Waals surface area contributed by atoms with Gasteiger partial charge in [0.25, 0.3) is 0 Å². The molecule has 0 spiro atoms. The van der Waals surface area contributed by atoms with Crippen molar-refractivity contribution in [2.45, 2.75) is 0 Å². The van der Waals surface area contributed by atoms with E-state index in [0.717, 1.165) is 120 Å². The van der Waals surface area contributed by atoms with Gasteiger partial charge in [0.1, 0.15) is 27.3 Å². The van der Waals surface area contributed by atoms with Gasteiger partial charge in [-0.15, -0.1) is 11.3 Å². The summed E-state index contributed by atoms with van der Waals surface area (Å²) in [5, 5.41) is 7.78. The number of pyridine rings is 1. The number of hydrogen-bond acceptors (Lipinski definition) is 5. The molecule has 0 bridgehead atoms.